The molecule has 0 heterocycles. The van der Waals surface area contributed by atoms with E-state index in [-0.39, 0.29) is 16.4 Å². The first kappa shape index (κ1) is 14.9. The maximum absolute atomic E-state index is 10.7. The lowest BCUT2D eigenvalue weighted by molar-refractivity contribution is -0.384. The van der Waals surface area contributed by atoms with Crippen LogP contribution in [0.25, 0.3) is 6.08 Å². The molecule has 1 aromatic carbocycles. The van der Waals surface area contributed by atoms with Gasteiger partial charge in [-0.25, -0.2) is 0 Å². The monoisotopic (exact) mass is 276 g/mol. The van der Waals surface area contributed by atoms with Crippen molar-refractivity contribution >= 4 is 28.6 Å². The van der Waals surface area contributed by atoms with Gasteiger partial charge in [-0.2, -0.15) is 5.26 Å². The number of non-ortho nitro benzene ring substituents is 1. The van der Waals surface area contributed by atoms with Gasteiger partial charge in [0.2, 0.25) is 0 Å². The number of hydrogen-bond acceptors (Lipinski definition) is 5. The minimum Gasteiger partial charge on any atom is -0.288 e. The summed E-state index contributed by atoms with van der Waals surface area (Å²) >= 11 is 1.24. The van der Waals surface area contributed by atoms with Crippen molar-refractivity contribution in [1.29, 1.82) is 5.26 Å². The Morgan fingerprint density at radius 2 is 2.32 bits per heavy atom. The molecule has 0 saturated heterocycles. The van der Waals surface area contributed by atoms with Crippen LogP contribution in [-0.2, 0) is 4.79 Å². The predicted molar refractivity (Wildman–Crippen MR) is 74.6 cm³/mol. The first-order chi connectivity index (χ1) is 9.04. The lowest BCUT2D eigenvalue weighted by atomic mass is 10.1. The number of carbonyl (C=O) groups excluding carboxylic acids is 1. The molecule has 5 nitrogen and oxygen atoms in total. The van der Waals surface area contributed by atoms with Crippen molar-refractivity contribution in [3.05, 3.63) is 45.5 Å². The van der Waals surface area contributed by atoms with E-state index in [0.29, 0.717) is 17.7 Å². The Morgan fingerprint density at radius 1 is 1.58 bits per heavy atom. The SMILES string of the molecule is CC(=O)SCCC=Cc1ccc([N+](=O)[O-])cc1C#N. The molecular formula is C13H12N2O3S. The van der Waals surface area contributed by atoms with Crippen molar-refractivity contribution < 1.29 is 9.72 Å². The first-order valence-corrected chi connectivity index (χ1v) is 6.51. The highest BCUT2D eigenvalue weighted by molar-refractivity contribution is 8.13. The van der Waals surface area contributed by atoms with Gasteiger partial charge in [0.25, 0.3) is 5.69 Å². The first-order valence-electron chi connectivity index (χ1n) is 5.53. The highest BCUT2D eigenvalue weighted by Crippen LogP contribution is 2.18. The van der Waals surface area contributed by atoms with E-state index in [1.54, 1.807) is 12.1 Å². The summed E-state index contributed by atoms with van der Waals surface area (Å²) < 4.78 is 0. The van der Waals surface area contributed by atoms with Crippen molar-refractivity contribution in [3.63, 3.8) is 0 Å². The van der Waals surface area contributed by atoms with Crippen LogP contribution in [0.4, 0.5) is 5.69 Å². The quantitative estimate of drug-likeness (QED) is 0.468. The maximum Gasteiger partial charge on any atom is 0.270 e. The lowest BCUT2D eigenvalue weighted by Gasteiger charge is -1.98. The Labute approximate surface area is 115 Å². The summed E-state index contributed by atoms with van der Waals surface area (Å²) in [6, 6.07) is 6.10. The molecule has 0 unspecified atom stereocenters. The van der Waals surface area contributed by atoms with E-state index in [1.165, 1.54) is 30.8 Å². The van der Waals surface area contributed by atoms with Crippen LogP contribution < -0.4 is 0 Å². The van der Waals surface area contributed by atoms with Crippen LogP contribution >= 0.6 is 11.8 Å². The zero-order valence-electron chi connectivity index (χ0n) is 10.3. The fraction of sp³-hybridized carbons (Fsp3) is 0.231. The largest absolute Gasteiger partial charge is 0.288 e. The Morgan fingerprint density at radius 3 is 2.89 bits per heavy atom. The summed E-state index contributed by atoms with van der Waals surface area (Å²) in [7, 11) is 0. The molecule has 0 spiro atoms. The molecule has 98 valence electrons. The average molecular weight is 276 g/mol. The number of carbonyl (C=O) groups is 1. The highest BCUT2D eigenvalue weighted by atomic mass is 32.2. The van der Waals surface area contributed by atoms with Gasteiger partial charge in [0.1, 0.15) is 6.07 Å². The van der Waals surface area contributed by atoms with Crippen LogP contribution in [-0.4, -0.2) is 15.8 Å². The number of allylic oxidation sites excluding steroid dienone is 1. The average Bonchev–Trinajstić information content (AvgIpc) is 2.37. The molecule has 1 aromatic rings. The smallest absolute Gasteiger partial charge is 0.270 e. The second-order valence-corrected chi connectivity index (χ2v) is 4.94. The molecule has 0 aliphatic heterocycles. The summed E-state index contributed by atoms with van der Waals surface area (Å²) in [5, 5.41) is 19.6. The van der Waals surface area contributed by atoms with E-state index < -0.39 is 4.92 Å². The standard InChI is InChI=1S/C13H12N2O3S/c1-10(16)19-7-3-2-4-11-5-6-13(15(17)18)8-12(11)9-14/h2,4-6,8H,3,7H2,1H3. The molecule has 0 fully saturated rings. The van der Waals surface area contributed by atoms with E-state index in [0.717, 1.165) is 0 Å². The Bertz CT molecular complexity index is 561. The number of rotatable bonds is 5. The molecule has 0 amide bonds. The molecule has 0 bridgehead atoms. The molecule has 0 aliphatic rings. The zero-order chi connectivity index (χ0) is 14.3. The van der Waals surface area contributed by atoms with Crippen LogP contribution in [0, 0.1) is 21.4 Å². The Kier molecular flexibility index (Phi) is 5.76. The molecule has 1 rings (SSSR count). The van der Waals surface area contributed by atoms with Crippen molar-refractivity contribution in [2.24, 2.45) is 0 Å². The second kappa shape index (κ2) is 7.34. The van der Waals surface area contributed by atoms with E-state index in [2.05, 4.69) is 0 Å². The predicted octanol–water partition coefficient (Wildman–Crippen LogP) is 3.15. The number of hydrogen-bond donors (Lipinski definition) is 0. The number of nitro groups is 1. The molecule has 19 heavy (non-hydrogen) atoms. The Hall–Kier alpha value is -2.13. The molecule has 0 radical (unpaired) electrons. The van der Waals surface area contributed by atoms with E-state index >= 15 is 0 Å². The van der Waals surface area contributed by atoms with E-state index in [1.807, 2.05) is 12.1 Å². The van der Waals surface area contributed by atoms with E-state index in [4.69, 9.17) is 5.26 Å². The number of benzene rings is 1. The molecule has 0 atom stereocenters. The second-order valence-electron chi connectivity index (χ2n) is 3.67. The molecule has 0 saturated carbocycles. The van der Waals surface area contributed by atoms with E-state index in [9.17, 15) is 14.9 Å². The van der Waals surface area contributed by atoms with Crippen LogP contribution in [0.15, 0.2) is 24.3 Å². The summed E-state index contributed by atoms with van der Waals surface area (Å²) in [5.41, 5.74) is 0.812. The Balaban J connectivity index is 2.73. The fourth-order valence-corrected chi connectivity index (χ4v) is 1.92. The summed E-state index contributed by atoms with van der Waals surface area (Å²) in [4.78, 5) is 20.8. The van der Waals surface area contributed by atoms with Gasteiger partial charge >= 0.3 is 0 Å². The minimum atomic E-state index is -0.530. The summed E-state index contributed by atoms with van der Waals surface area (Å²) in [6.07, 6.45) is 4.28. The third-order valence-corrected chi connectivity index (χ3v) is 3.10. The molecule has 6 heteroatoms. The summed E-state index contributed by atoms with van der Waals surface area (Å²) in [6.45, 7) is 1.51. The van der Waals surface area contributed by atoms with Gasteiger partial charge in [0.15, 0.2) is 5.12 Å². The van der Waals surface area contributed by atoms with Gasteiger partial charge in [-0.05, 0) is 18.1 Å². The normalized spacial score (nSPS) is 10.3. The van der Waals surface area contributed by atoms with Gasteiger partial charge in [0, 0.05) is 24.8 Å². The molecule has 0 aliphatic carbocycles. The number of nitro benzene ring substituents is 1. The van der Waals surface area contributed by atoms with Crippen LogP contribution in [0.2, 0.25) is 0 Å². The zero-order valence-corrected chi connectivity index (χ0v) is 11.1. The fourth-order valence-electron chi connectivity index (χ4n) is 1.38. The molecule has 0 N–H and O–H groups in total. The number of nitrogens with zero attached hydrogens (tertiary/aromatic N) is 2. The van der Waals surface area contributed by atoms with Crippen LogP contribution in [0.5, 0.6) is 0 Å². The summed E-state index contributed by atoms with van der Waals surface area (Å²) in [5.74, 6) is 0.681. The minimum absolute atomic E-state index is 0.0708. The van der Waals surface area contributed by atoms with Gasteiger partial charge in [-0.1, -0.05) is 23.9 Å². The highest BCUT2D eigenvalue weighted by Gasteiger charge is 2.08. The third kappa shape index (κ3) is 4.94. The van der Waals surface area contributed by atoms with Gasteiger partial charge in [0.05, 0.1) is 10.5 Å². The third-order valence-electron chi connectivity index (χ3n) is 2.26. The van der Waals surface area contributed by atoms with Crippen molar-refractivity contribution in [1.82, 2.24) is 0 Å². The topological polar surface area (TPSA) is 84.0 Å². The van der Waals surface area contributed by atoms with Crippen molar-refractivity contribution in [3.8, 4) is 6.07 Å². The van der Waals surface area contributed by atoms with Crippen molar-refractivity contribution in [2.75, 3.05) is 5.75 Å². The van der Waals surface area contributed by atoms with Crippen LogP contribution in [0.1, 0.15) is 24.5 Å². The number of thioether (sulfide) groups is 1. The van der Waals surface area contributed by atoms with Gasteiger partial charge < -0.3 is 0 Å². The molecular weight excluding hydrogens is 264 g/mol. The van der Waals surface area contributed by atoms with Gasteiger partial charge in [-0.3, -0.25) is 14.9 Å². The van der Waals surface area contributed by atoms with Crippen molar-refractivity contribution in [2.45, 2.75) is 13.3 Å². The van der Waals surface area contributed by atoms with Gasteiger partial charge in [-0.15, -0.1) is 0 Å². The lowest BCUT2D eigenvalue weighted by Crippen LogP contribution is -1.90. The van der Waals surface area contributed by atoms with Crippen LogP contribution in [0.3, 0.4) is 0 Å². The molecule has 0 aromatic heterocycles. The maximum atomic E-state index is 10.7. The number of nitriles is 1.